The van der Waals surface area contributed by atoms with E-state index in [9.17, 15) is 13.2 Å². The number of oxazole rings is 1. The number of hydrogen-bond acceptors (Lipinski definition) is 7. The molecule has 5 rings (SSSR count). The van der Waals surface area contributed by atoms with Crippen LogP contribution in [0.5, 0.6) is 0 Å². The van der Waals surface area contributed by atoms with Gasteiger partial charge in [0.05, 0.1) is 0 Å². The minimum Gasteiger partial charge on any atom is -0.440 e. The molecular formula is C21H23N3O4S3. The predicted molar refractivity (Wildman–Crippen MR) is 122 cm³/mol. The van der Waals surface area contributed by atoms with E-state index < -0.39 is 10.0 Å². The molecule has 0 aliphatic carbocycles. The average molecular weight is 478 g/mol. The van der Waals surface area contributed by atoms with Crippen molar-refractivity contribution in [1.82, 2.24) is 14.2 Å². The summed E-state index contributed by atoms with van der Waals surface area (Å²) < 4.78 is 33.6. The Kier molecular flexibility index (Phi) is 5.80. The molecule has 2 aliphatic heterocycles. The summed E-state index contributed by atoms with van der Waals surface area (Å²) in [6, 6.07) is 9.27. The zero-order chi connectivity index (χ0) is 21.4. The van der Waals surface area contributed by atoms with Crippen molar-refractivity contribution in [2.75, 3.05) is 37.7 Å². The number of fused-ring (bicyclic) bond motifs is 1. The smallest absolute Gasteiger partial charge is 0.265 e. The molecule has 2 aliphatic rings. The zero-order valence-corrected chi connectivity index (χ0v) is 19.3. The monoisotopic (exact) mass is 477 g/mol. The molecule has 2 saturated heterocycles. The van der Waals surface area contributed by atoms with E-state index in [-0.39, 0.29) is 16.7 Å². The summed E-state index contributed by atoms with van der Waals surface area (Å²) >= 11 is 2.96. The molecule has 0 N–H and O–H groups in total. The van der Waals surface area contributed by atoms with Gasteiger partial charge in [0.15, 0.2) is 11.5 Å². The SMILES string of the molecule is O=C(c1sccc1S(=O)(=O)N1CCSCC1)N1CCC(c2nc3ccccc3o2)CC1. The fraction of sp³-hybridized carbons (Fsp3) is 0.429. The molecule has 7 nitrogen and oxygen atoms in total. The number of nitrogens with zero attached hydrogens (tertiary/aromatic N) is 3. The number of amides is 1. The Labute approximate surface area is 189 Å². The molecular weight excluding hydrogens is 454 g/mol. The lowest BCUT2D eigenvalue weighted by molar-refractivity contribution is 0.0708. The third-order valence-corrected chi connectivity index (χ3v) is 9.77. The molecule has 1 amide bonds. The number of piperidine rings is 1. The first-order valence-corrected chi connectivity index (χ1v) is 13.8. The normalized spacial score (nSPS) is 19.2. The Balaban J connectivity index is 1.29. The van der Waals surface area contributed by atoms with Gasteiger partial charge in [-0.2, -0.15) is 16.1 Å². The predicted octanol–water partition coefficient (Wildman–Crippen LogP) is 3.65. The number of thiophene rings is 1. The first kappa shape index (κ1) is 21.0. The topological polar surface area (TPSA) is 83.7 Å². The number of benzene rings is 1. The average Bonchev–Trinajstić information content (AvgIpc) is 3.47. The molecule has 164 valence electrons. The standard InChI is InChI=1S/C21H23N3O4S3/c25-21(19-18(7-12-30-19)31(26,27)24-10-13-29-14-11-24)23-8-5-15(6-9-23)20-22-16-3-1-2-4-17(16)28-20/h1-4,7,12,15H,5-6,8-11,13-14H2. The molecule has 10 heteroatoms. The number of rotatable bonds is 4. The lowest BCUT2D eigenvalue weighted by Gasteiger charge is -2.31. The third kappa shape index (κ3) is 4.02. The minimum atomic E-state index is -3.64. The Morgan fingerprint density at radius 1 is 1.06 bits per heavy atom. The maximum absolute atomic E-state index is 13.2. The van der Waals surface area contributed by atoms with Crippen molar-refractivity contribution in [1.29, 1.82) is 0 Å². The molecule has 0 atom stereocenters. The van der Waals surface area contributed by atoms with Crippen LogP contribution in [0.1, 0.15) is 34.3 Å². The molecule has 0 unspecified atom stereocenters. The quantitative estimate of drug-likeness (QED) is 0.570. The number of hydrogen-bond donors (Lipinski definition) is 0. The molecule has 1 aromatic carbocycles. The van der Waals surface area contributed by atoms with E-state index in [4.69, 9.17) is 4.42 Å². The van der Waals surface area contributed by atoms with Crippen LogP contribution in [-0.4, -0.2) is 66.2 Å². The van der Waals surface area contributed by atoms with E-state index in [0.717, 1.165) is 41.3 Å². The van der Waals surface area contributed by atoms with Gasteiger partial charge >= 0.3 is 0 Å². The maximum atomic E-state index is 13.2. The zero-order valence-electron chi connectivity index (χ0n) is 16.9. The number of likely N-dealkylation sites (tertiary alicyclic amines) is 1. The van der Waals surface area contributed by atoms with E-state index >= 15 is 0 Å². The van der Waals surface area contributed by atoms with Crippen LogP contribution in [0.3, 0.4) is 0 Å². The number of sulfonamides is 1. The summed E-state index contributed by atoms with van der Waals surface area (Å²) in [5.74, 6) is 2.26. The van der Waals surface area contributed by atoms with Crippen molar-refractivity contribution in [2.45, 2.75) is 23.7 Å². The maximum Gasteiger partial charge on any atom is 0.265 e. The fourth-order valence-corrected chi connectivity index (χ4v) is 8.06. The molecule has 31 heavy (non-hydrogen) atoms. The second-order valence-electron chi connectivity index (χ2n) is 7.72. The molecule has 0 radical (unpaired) electrons. The largest absolute Gasteiger partial charge is 0.440 e. The van der Waals surface area contributed by atoms with Crippen LogP contribution in [0.2, 0.25) is 0 Å². The lowest BCUT2D eigenvalue weighted by Crippen LogP contribution is -2.40. The van der Waals surface area contributed by atoms with Gasteiger partial charge in [0.2, 0.25) is 10.0 Å². The van der Waals surface area contributed by atoms with Gasteiger partial charge in [-0.15, -0.1) is 11.3 Å². The van der Waals surface area contributed by atoms with Gasteiger partial charge in [-0.1, -0.05) is 12.1 Å². The highest BCUT2D eigenvalue weighted by molar-refractivity contribution is 7.99. The van der Waals surface area contributed by atoms with Crippen molar-refractivity contribution in [3.8, 4) is 0 Å². The summed E-state index contributed by atoms with van der Waals surface area (Å²) in [4.78, 5) is 20.0. The number of carbonyl (C=O) groups excluding carboxylic acids is 1. The van der Waals surface area contributed by atoms with Crippen molar-refractivity contribution in [2.24, 2.45) is 0 Å². The molecule has 0 spiro atoms. The first-order chi connectivity index (χ1) is 15.0. The van der Waals surface area contributed by atoms with E-state index in [2.05, 4.69) is 4.98 Å². The van der Waals surface area contributed by atoms with Crippen LogP contribution in [-0.2, 0) is 10.0 Å². The van der Waals surface area contributed by atoms with Crippen LogP contribution < -0.4 is 0 Å². The highest BCUT2D eigenvalue weighted by atomic mass is 32.2. The minimum absolute atomic E-state index is 0.149. The second kappa shape index (κ2) is 8.57. The Hall–Kier alpha value is -1.88. The number of para-hydroxylation sites is 2. The van der Waals surface area contributed by atoms with E-state index in [1.54, 1.807) is 28.1 Å². The Morgan fingerprint density at radius 2 is 1.81 bits per heavy atom. The summed E-state index contributed by atoms with van der Waals surface area (Å²) in [5, 5.41) is 1.70. The van der Waals surface area contributed by atoms with Crippen LogP contribution >= 0.6 is 23.1 Å². The molecule has 4 heterocycles. The van der Waals surface area contributed by atoms with Gasteiger partial charge in [0.1, 0.15) is 15.3 Å². The first-order valence-electron chi connectivity index (χ1n) is 10.3. The van der Waals surface area contributed by atoms with Gasteiger partial charge in [-0.25, -0.2) is 13.4 Å². The van der Waals surface area contributed by atoms with Gasteiger partial charge in [0.25, 0.3) is 5.91 Å². The van der Waals surface area contributed by atoms with Gasteiger partial charge in [-0.05, 0) is 36.4 Å². The van der Waals surface area contributed by atoms with Crippen LogP contribution in [0.15, 0.2) is 45.0 Å². The second-order valence-corrected chi connectivity index (χ2v) is 11.8. The molecule has 2 fully saturated rings. The highest BCUT2D eigenvalue weighted by Gasteiger charge is 2.34. The van der Waals surface area contributed by atoms with Crippen molar-refractivity contribution >= 4 is 50.1 Å². The lowest BCUT2D eigenvalue weighted by atomic mass is 9.96. The Morgan fingerprint density at radius 3 is 2.55 bits per heavy atom. The van der Waals surface area contributed by atoms with E-state index in [0.29, 0.717) is 31.1 Å². The van der Waals surface area contributed by atoms with Crippen molar-refractivity contribution in [3.63, 3.8) is 0 Å². The molecule has 0 saturated carbocycles. The number of carbonyl (C=O) groups is 1. The Bertz CT molecular complexity index is 1160. The summed E-state index contributed by atoms with van der Waals surface area (Å²) in [6.07, 6.45) is 1.49. The van der Waals surface area contributed by atoms with Crippen molar-refractivity contribution in [3.05, 3.63) is 46.5 Å². The number of aromatic nitrogens is 1. The van der Waals surface area contributed by atoms with E-state index in [1.807, 2.05) is 24.3 Å². The summed E-state index contributed by atoms with van der Waals surface area (Å²) in [5.41, 5.74) is 1.63. The molecule has 0 bridgehead atoms. The van der Waals surface area contributed by atoms with Gasteiger partial charge < -0.3 is 9.32 Å². The molecule has 2 aromatic heterocycles. The van der Waals surface area contributed by atoms with Gasteiger partial charge in [0, 0.05) is 43.6 Å². The van der Waals surface area contributed by atoms with Crippen LogP contribution in [0, 0.1) is 0 Å². The summed E-state index contributed by atoms with van der Waals surface area (Å²) in [7, 11) is -3.64. The van der Waals surface area contributed by atoms with E-state index in [1.165, 1.54) is 15.6 Å². The highest BCUT2D eigenvalue weighted by Crippen LogP contribution is 2.33. The molecule has 3 aromatic rings. The fourth-order valence-electron chi connectivity index (χ4n) is 4.12. The van der Waals surface area contributed by atoms with Crippen molar-refractivity contribution < 1.29 is 17.6 Å². The summed E-state index contributed by atoms with van der Waals surface area (Å²) in [6.45, 7) is 2.10. The third-order valence-electron chi connectivity index (χ3n) is 5.85. The van der Waals surface area contributed by atoms with Gasteiger partial charge in [-0.3, -0.25) is 4.79 Å². The van der Waals surface area contributed by atoms with Crippen LogP contribution in [0.25, 0.3) is 11.1 Å². The van der Waals surface area contributed by atoms with Crippen LogP contribution in [0.4, 0.5) is 0 Å². The number of thioether (sulfide) groups is 1.